The van der Waals surface area contributed by atoms with Gasteiger partial charge in [0.1, 0.15) is 68.7 Å². The molecule has 15 aromatic rings. The van der Waals surface area contributed by atoms with Gasteiger partial charge in [-0.25, -0.2) is 53.0 Å². The van der Waals surface area contributed by atoms with Gasteiger partial charge in [-0.05, 0) is 210 Å². The molecule has 0 saturated heterocycles. The number of nitrogens with one attached hydrogen (secondary N) is 6. The highest BCUT2D eigenvalue weighted by Gasteiger charge is 2.22. The number of aryl methyl sites for hydroxylation is 3. The van der Waals surface area contributed by atoms with Crippen molar-refractivity contribution in [1.29, 1.82) is 0 Å². The zero-order chi connectivity index (χ0) is 99.3. The van der Waals surface area contributed by atoms with Crippen molar-refractivity contribution in [2.24, 2.45) is 5.92 Å². The van der Waals surface area contributed by atoms with E-state index in [4.69, 9.17) is 28.4 Å². The summed E-state index contributed by atoms with van der Waals surface area (Å²) in [5.74, 6) is 2.20. The van der Waals surface area contributed by atoms with Crippen LogP contribution in [0.3, 0.4) is 0 Å². The van der Waals surface area contributed by atoms with Crippen LogP contribution in [0.4, 0.5) is 30.5 Å². The zero-order valence-electron chi connectivity index (χ0n) is 79.1. The van der Waals surface area contributed by atoms with Gasteiger partial charge in [0.15, 0.2) is 0 Å². The Morgan fingerprint density at radius 3 is 1.13 bits per heavy atom. The third kappa shape index (κ3) is 36.6. The van der Waals surface area contributed by atoms with E-state index >= 15 is 0 Å². The maximum Gasteiger partial charge on any atom is 0.258 e. The number of hydrogen-bond acceptors (Lipinski definition) is 20. The van der Waals surface area contributed by atoms with E-state index in [1.165, 1.54) is 112 Å². The molecule has 0 bridgehead atoms. The van der Waals surface area contributed by atoms with E-state index < -0.39 is 0 Å². The Kier molecular flexibility index (Phi) is 39.6. The van der Waals surface area contributed by atoms with Gasteiger partial charge in [-0.3, -0.25) is 28.8 Å². The molecule has 6 amide bonds. The maximum atomic E-state index is 13.5. The molecule has 8 aromatic heterocycles. The fourth-order valence-corrected chi connectivity index (χ4v) is 13.5. The number of aromatic nitrogens is 8. The van der Waals surface area contributed by atoms with E-state index in [0.29, 0.717) is 123 Å². The molecule has 2 aliphatic rings. The van der Waals surface area contributed by atoms with Crippen molar-refractivity contribution in [2.45, 2.75) is 144 Å². The number of benzene rings is 7. The van der Waals surface area contributed by atoms with E-state index in [9.17, 15) is 41.9 Å². The third-order valence-electron chi connectivity index (χ3n) is 21.4. The number of amides is 6. The van der Waals surface area contributed by atoms with Crippen molar-refractivity contribution < 1.29 is 70.4 Å². The second-order valence-electron chi connectivity index (χ2n) is 34.0. The third-order valence-corrected chi connectivity index (χ3v) is 21.4. The number of pyridine rings is 8. The fraction of sp³-hybridized carbons (Fsp3) is 0.214. The summed E-state index contributed by atoms with van der Waals surface area (Å²) in [6.45, 7) is 14.4. The molecule has 0 radical (unpaired) electrons. The van der Waals surface area contributed by atoms with Crippen LogP contribution in [0.1, 0.15) is 184 Å². The van der Waals surface area contributed by atoms with E-state index in [1.807, 2.05) is 157 Å². The van der Waals surface area contributed by atoms with Gasteiger partial charge in [-0.1, -0.05) is 182 Å². The van der Waals surface area contributed by atoms with E-state index in [1.54, 1.807) is 146 Å². The Labute approximate surface area is 817 Å². The van der Waals surface area contributed by atoms with Gasteiger partial charge < -0.3 is 60.3 Å². The van der Waals surface area contributed by atoms with Gasteiger partial charge in [0.2, 0.25) is 35.3 Å². The monoisotopic (exact) mass is 1900 g/mol. The standard InChI is InChI=1S/C20H17FN2O2.C20H23FN2O2.2C19H17N3O2.C17H17FN2O2.C17H20N2O2/c1-14-5-8-18(9-6-14)23-20(24)16-7-10-19(22-12-16)25-13-15-3-2-4-17(21)11-15;21-18-8-4-7-16(11-18)14-25-19-10-9-17(13-22-19)20(24)23-12-15-5-2-1-3-6-15;1-14-5-4-6-15(11-14)13-24-18-9-8-16(12-21-18)19(23)22-17-7-2-3-10-20-17;1-14-7-9-17(20-11-14)22-19(23)16-8-10-18(21-12-16)24-13-15-5-3-2-4-6-15;18-15-7-2-1-4-13(15)11-22-16-9-8-12(10-19-16)17(21)20-14-5-3-6-14;1-17(2,3)19-16(20)14-9-10-15(18-11-14)21-12-13-7-5-4-6-8-13/h2-12H,13H2,1H3,(H,23,24);4,7-11,13,15H,1-3,5-6,12,14H2,(H,23,24);2*2-12H,13H2,1H3,(H,20,22,23);1-2,4,7-10,14H,3,5-6,11H2,(H,20,21);4-11H,12H2,1-3H3,(H,19,20). The predicted molar refractivity (Wildman–Crippen MR) is 534 cm³/mol. The molecule has 26 nitrogen and oxygen atoms in total. The summed E-state index contributed by atoms with van der Waals surface area (Å²) in [7, 11) is 0. The van der Waals surface area contributed by atoms with Crippen LogP contribution in [-0.4, -0.2) is 93.4 Å². The molecule has 2 saturated carbocycles. The van der Waals surface area contributed by atoms with Crippen molar-refractivity contribution in [3.8, 4) is 35.3 Å². The summed E-state index contributed by atoms with van der Waals surface area (Å²) in [6.07, 6.45) is 21.8. The molecule has 2 aliphatic carbocycles. The summed E-state index contributed by atoms with van der Waals surface area (Å²) in [6, 6.07) is 83.5. The number of nitrogens with zero attached hydrogens (tertiary/aromatic N) is 8. The Balaban J connectivity index is 0.000000151. The average molecular weight is 1900 g/mol. The highest BCUT2D eigenvalue weighted by molar-refractivity contribution is 6.05. The SMILES string of the molecule is CC(C)(C)NC(=O)c1ccc(OCc2ccccc2)nc1.Cc1ccc(NC(=O)c2ccc(OCc3cccc(F)c3)nc2)cc1.Cc1ccc(NC(=O)c2ccc(OCc3ccccc3)nc2)nc1.Cc1cccc(COc2ccc(C(=O)Nc3ccccn3)cn2)c1.O=C(NC1CCC1)c1ccc(OCc2ccccc2F)nc1.O=C(NCC1CCCCC1)c1ccc(OCc2cccc(F)c2)nc1. The van der Waals surface area contributed by atoms with Crippen LogP contribution in [0.25, 0.3) is 0 Å². The highest BCUT2D eigenvalue weighted by Crippen LogP contribution is 2.26. The molecule has 8 heterocycles. The van der Waals surface area contributed by atoms with Crippen LogP contribution in [-0.2, 0) is 39.6 Å². The molecule has 0 atom stereocenters. The van der Waals surface area contributed by atoms with Gasteiger partial charge in [0.05, 0.1) is 33.4 Å². The molecule has 6 N–H and O–H groups in total. The van der Waals surface area contributed by atoms with Crippen LogP contribution < -0.4 is 60.3 Å². The first kappa shape index (κ1) is 103. The first-order valence-corrected chi connectivity index (χ1v) is 46.0. The molecule has 0 spiro atoms. The Bertz CT molecular complexity index is 6440. The van der Waals surface area contributed by atoms with Crippen molar-refractivity contribution in [3.63, 3.8) is 0 Å². The van der Waals surface area contributed by atoms with Crippen LogP contribution in [0.2, 0.25) is 0 Å². The van der Waals surface area contributed by atoms with E-state index in [2.05, 4.69) is 77.8 Å². The largest absolute Gasteiger partial charge is 0.473 e. The second kappa shape index (κ2) is 54.2. The Morgan fingerprint density at radius 1 is 0.319 bits per heavy atom. The van der Waals surface area contributed by atoms with Crippen molar-refractivity contribution >= 4 is 52.8 Å². The van der Waals surface area contributed by atoms with Crippen LogP contribution in [0, 0.1) is 44.1 Å². The lowest BCUT2D eigenvalue weighted by atomic mass is 9.89. The summed E-state index contributed by atoms with van der Waals surface area (Å²) < 4.78 is 73.0. The highest BCUT2D eigenvalue weighted by atomic mass is 19.1. The molecule has 7 aromatic carbocycles. The maximum absolute atomic E-state index is 13.5. The molecular formula is C112H111F3N14O12. The van der Waals surface area contributed by atoms with Gasteiger partial charge in [0.25, 0.3) is 35.4 Å². The summed E-state index contributed by atoms with van der Waals surface area (Å²) in [4.78, 5) is 106. The van der Waals surface area contributed by atoms with Crippen LogP contribution in [0.5, 0.6) is 35.3 Å². The minimum absolute atomic E-state index is 0.102. The molecular weight excluding hydrogens is 1790 g/mol. The fourth-order valence-electron chi connectivity index (χ4n) is 13.5. The molecule has 0 unspecified atom stereocenters. The summed E-state index contributed by atoms with van der Waals surface area (Å²) in [5, 5.41) is 17.1. The second-order valence-corrected chi connectivity index (χ2v) is 34.0. The predicted octanol–water partition coefficient (Wildman–Crippen LogP) is 22.0. The number of carbonyl (C=O) groups is 6. The van der Waals surface area contributed by atoms with Gasteiger partial charge in [0, 0.05) is 115 Å². The van der Waals surface area contributed by atoms with Gasteiger partial charge in [-0.15, -0.1) is 0 Å². The topological polar surface area (TPSA) is 333 Å². The van der Waals surface area contributed by atoms with Gasteiger partial charge in [-0.2, -0.15) is 0 Å². The Hall–Kier alpha value is -16.9. The summed E-state index contributed by atoms with van der Waals surface area (Å²) >= 11 is 0. The lowest BCUT2D eigenvalue weighted by Gasteiger charge is -2.26. The molecule has 17 rings (SSSR count). The minimum Gasteiger partial charge on any atom is -0.473 e. The Morgan fingerprint density at radius 2 is 0.716 bits per heavy atom. The molecule has 29 heteroatoms. The molecule has 141 heavy (non-hydrogen) atoms. The van der Waals surface area contributed by atoms with Crippen molar-refractivity contribution in [2.75, 3.05) is 22.5 Å². The summed E-state index contributed by atoms with van der Waals surface area (Å²) in [5.41, 5.74) is 11.8. The lowest BCUT2D eigenvalue weighted by molar-refractivity contribution is 0.0908. The number of hydrogen-bond donors (Lipinski definition) is 6. The van der Waals surface area contributed by atoms with Gasteiger partial charge >= 0.3 is 0 Å². The van der Waals surface area contributed by atoms with Crippen molar-refractivity contribution in [1.82, 2.24) is 55.8 Å². The zero-order valence-corrected chi connectivity index (χ0v) is 79.1. The minimum atomic E-state index is -0.308. The van der Waals surface area contributed by atoms with E-state index in [-0.39, 0.29) is 78.3 Å². The van der Waals surface area contributed by atoms with Crippen molar-refractivity contribution in [3.05, 3.63) is 436 Å². The van der Waals surface area contributed by atoms with Crippen LogP contribution >= 0.6 is 0 Å². The number of ether oxygens (including phenoxy) is 6. The molecule has 2 fully saturated rings. The number of halogens is 3. The normalized spacial score (nSPS) is 11.8. The average Bonchev–Trinajstić information content (AvgIpc) is 0.856. The smallest absolute Gasteiger partial charge is 0.258 e. The molecule has 722 valence electrons. The van der Waals surface area contributed by atoms with Crippen LogP contribution in [0.15, 0.2) is 335 Å². The first-order chi connectivity index (χ1) is 68.4. The quantitative estimate of drug-likeness (QED) is 0.0244. The number of carbonyl (C=O) groups excluding carboxylic acids is 6. The first-order valence-electron chi connectivity index (χ1n) is 46.0. The lowest BCUT2D eigenvalue weighted by Crippen LogP contribution is -2.40. The number of anilines is 3. The molecule has 0 aliphatic heterocycles. The van der Waals surface area contributed by atoms with E-state index in [0.717, 1.165) is 58.5 Å². The number of rotatable bonds is 30.